The van der Waals surface area contributed by atoms with E-state index < -0.39 is 53.8 Å². The van der Waals surface area contributed by atoms with Gasteiger partial charge in [-0.15, -0.1) is 0 Å². The summed E-state index contributed by atoms with van der Waals surface area (Å²) in [4.78, 5) is 71.3. The molecular weight excluding hydrogens is 486 g/mol. The van der Waals surface area contributed by atoms with Crippen LogP contribution in [0.2, 0.25) is 0 Å². The average molecular weight is 522 g/mol. The van der Waals surface area contributed by atoms with Gasteiger partial charge in [-0.3, -0.25) is 24.0 Å². The average Bonchev–Trinajstić information content (AvgIpc) is 2.86. The van der Waals surface area contributed by atoms with E-state index in [1.807, 2.05) is 0 Å². The molecule has 4 unspecified atom stereocenters. The summed E-state index contributed by atoms with van der Waals surface area (Å²) in [5.74, 6) is -3.75. The number of esters is 1. The van der Waals surface area contributed by atoms with E-state index in [-0.39, 0.29) is 25.2 Å². The quantitative estimate of drug-likeness (QED) is 0.172. The zero-order valence-electron chi connectivity index (χ0n) is 21.5. The minimum Gasteiger partial charge on any atom is -0.480 e. The van der Waals surface area contributed by atoms with E-state index in [9.17, 15) is 28.8 Å². The van der Waals surface area contributed by atoms with Crippen molar-refractivity contribution < 1.29 is 38.6 Å². The second kappa shape index (κ2) is 15.2. The van der Waals surface area contributed by atoms with Crippen molar-refractivity contribution in [1.29, 1.82) is 0 Å². The van der Waals surface area contributed by atoms with Gasteiger partial charge in [-0.2, -0.15) is 0 Å². The molecule has 0 radical (unpaired) electrons. The summed E-state index contributed by atoms with van der Waals surface area (Å²) in [7, 11) is 2.81. The lowest BCUT2D eigenvalue weighted by Gasteiger charge is -2.21. The highest BCUT2D eigenvalue weighted by molar-refractivity contribution is 5.94. The summed E-state index contributed by atoms with van der Waals surface area (Å²) in [5, 5.41) is 21.6. The SMILES string of the molecule is CNC(C)C(=O)NC(C)C(=O)NC(Cc1ccc(NC(=O)CCC(=O)NC(C)C(=O)O)cc1)C(=O)OC. The molecule has 0 aliphatic rings. The molecule has 37 heavy (non-hydrogen) atoms. The standard InChI is InChI=1S/C24H35N5O8/c1-13(25-4)21(32)27-14(2)22(33)29-18(24(36)37-5)12-16-6-8-17(9-7-16)28-20(31)11-10-19(30)26-15(3)23(34)35/h6-9,13-15,18,25H,10-12H2,1-5H3,(H,26,30)(H,27,32)(H,28,31)(H,29,33)(H,34,35). The van der Waals surface area contributed by atoms with Crippen molar-refractivity contribution in [3.63, 3.8) is 0 Å². The Morgan fingerprint density at radius 1 is 0.811 bits per heavy atom. The lowest BCUT2D eigenvalue weighted by Crippen LogP contribution is -2.53. The maximum absolute atomic E-state index is 12.5. The van der Waals surface area contributed by atoms with E-state index in [0.717, 1.165) is 0 Å². The number of carbonyl (C=O) groups excluding carboxylic acids is 5. The Morgan fingerprint density at radius 3 is 1.92 bits per heavy atom. The predicted octanol–water partition coefficient (Wildman–Crippen LogP) is -0.692. The van der Waals surface area contributed by atoms with Gasteiger partial charge in [0.1, 0.15) is 18.1 Å². The van der Waals surface area contributed by atoms with Crippen LogP contribution in [-0.4, -0.2) is 79.0 Å². The van der Waals surface area contributed by atoms with Crippen LogP contribution in [0.1, 0.15) is 39.2 Å². The van der Waals surface area contributed by atoms with E-state index in [4.69, 9.17) is 9.84 Å². The maximum atomic E-state index is 12.5. The Kier molecular flexibility index (Phi) is 12.7. The Hall–Kier alpha value is -4.00. The third-order valence-electron chi connectivity index (χ3n) is 5.39. The number of likely N-dealkylation sites (N-methyl/N-ethyl adjacent to an activating group) is 1. The molecule has 0 aromatic heterocycles. The number of carboxylic acid groups (broad SMARTS) is 1. The molecule has 4 atom stereocenters. The molecule has 1 rings (SSSR count). The molecule has 1 aromatic carbocycles. The fraction of sp³-hybridized carbons (Fsp3) is 0.500. The van der Waals surface area contributed by atoms with Crippen LogP contribution >= 0.6 is 0 Å². The molecule has 0 fully saturated rings. The topological polar surface area (TPSA) is 192 Å². The summed E-state index contributed by atoms with van der Waals surface area (Å²) >= 11 is 0. The van der Waals surface area contributed by atoms with Crippen molar-refractivity contribution in [3.8, 4) is 0 Å². The Labute approximate surface area is 215 Å². The normalized spacial score (nSPS) is 13.8. The molecular formula is C24H35N5O8. The van der Waals surface area contributed by atoms with Gasteiger partial charge in [0.2, 0.25) is 23.6 Å². The van der Waals surface area contributed by atoms with Gasteiger partial charge in [0.05, 0.1) is 13.2 Å². The Balaban J connectivity index is 2.68. The molecule has 0 saturated heterocycles. The molecule has 1 aromatic rings. The first-order valence-corrected chi connectivity index (χ1v) is 11.6. The molecule has 0 heterocycles. The van der Waals surface area contributed by atoms with Gasteiger partial charge in [0, 0.05) is 24.9 Å². The van der Waals surface area contributed by atoms with Crippen LogP contribution < -0.4 is 26.6 Å². The molecule has 4 amide bonds. The molecule has 0 aliphatic heterocycles. The number of anilines is 1. The van der Waals surface area contributed by atoms with Gasteiger partial charge in [-0.05, 0) is 45.5 Å². The van der Waals surface area contributed by atoms with Gasteiger partial charge in [0.15, 0.2) is 0 Å². The first-order valence-electron chi connectivity index (χ1n) is 11.6. The highest BCUT2D eigenvalue weighted by Crippen LogP contribution is 2.13. The first kappa shape index (κ1) is 31.0. The van der Waals surface area contributed by atoms with Crippen molar-refractivity contribution in [2.75, 3.05) is 19.5 Å². The number of methoxy groups -OCH3 is 1. The Morgan fingerprint density at radius 2 is 1.38 bits per heavy atom. The third kappa shape index (κ3) is 11.1. The summed E-state index contributed by atoms with van der Waals surface area (Å²) in [6.45, 7) is 4.46. The molecule has 13 heteroatoms. The van der Waals surface area contributed by atoms with Crippen LogP contribution in [0, 0.1) is 0 Å². The lowest BCUT2D eigenvalue weighted by molar-refractivity contribution is -0.145. The first-order chi connectivity index (χ1) is 17.4. The number of hydrogen-bond donors (Lipinski definition) is 6. The van der Waals surface area contributed by atoms with Crippen molar-refractivity contribution in [1.82, 2.24) is 21.3 Å². The largest absolute Gasteiger partial charge is 0.480 e. The van der Waals surface area contributed by atoms with Gasteiger partial charge in [0.25, 0.3) is 0 Å². The number of benzene rings is 1. The van der Waals surface area contributed by atoms with Gasteiger partial charge in [-0.1, -0.05) is 12.1 Å². The highest BCUT2D eigenvalue weighted by atomic mass is 16.5. The van der Waals surface area contributed by atoms with Crippen molar-refractivity contribution >= 4 is 41.3 Å². The van der Waals surface area contributed by atoms with Crippen molar-refractivity contribution in [2.24, 2.45) is 0 Å². The van der Waals surface area contributed by atoms with Crippen molar-refractivity contribution in [3.05, 3.63) is 29.8 Å². The van der Waals surface area contributed by atoms with Crippen molar-refractivity contribution in [2.45, 2.75) is 64.2 Å². The molecule has 13 nitrogen and oxygen atoms in total. The Bertz CT molecular complexity index is 982. The molecule has 6 N–H and O–H groups in total. The monoisotopic (exact) mass is 521 g/mol. The van der Waals surface area contributed by atoms with Crippen LogP contribution in [0.5, 0.6) is 0 Å². The van der Waals surface area contributed by atoms with Crippen LogP contribution in [0.4, 0.5) is 5.69 Å². The molecule has 0 bridgehead atoms. The lowest BCUT2D eigenvalue weighted by atomic mass is 10.0. The molecule has 0 spiro atoms. The number of hydrogen-bond acceptors (Lipinski definition) is 8. The zero-order chi connectivity index (χ0) is 28.1. The minimum atomic E-state index is -1.17. The van der Waals surface area contributed by atoms with E-state index >= 15 is 0 Å². The van der Waals surface area contributed by atoms with Gasteiger partial charge >= 0.3 is 11.9 Å². The number of carboxylic acids is 1. The highest BCUT2D eigenvalue weighted by Gasteiger charge is 2.26. The number of ether oxygens (including phenoxy) is 1. The zero-order valence-corrected chi connectivity index (χ0v) is 21.5. The maximum Gasteiger partial charge on any atom is 0.328 e. The summed E-state index contributed by atoms with van der Waals surface area (Å²) in [6, 6.07) is 3.05. The smallest absolute Gasteiger partial charge is 0.328 e. The van der Waals surface area contributed by atoms with Crippen LogP contribution in [0.15, 0.2) is 24.3 Å². The van der Waals surface area contributed by atoms with E-state index in [2.05, 4.69) is 26.6 Å². The minimum absolute atomic E-state index is 0.0994. The molecule has 0 saturated carbocycles. The molecule has 204 valence electrons. The number of amides is 4. The summed E-state index contributed by atoms with van der Waals surface area (Å²) in [6.07, 6.45) is -0.213. The number of rotatable bonds is 14. The van der Waals surface area contributed by atoms with Crippen LogP contribution in [-0.2, 0) is 39.9 Å². The van der Waals surface area contributed by atoms with Crippen LogP contribution in [0.3, 0.4) is 0 Å². The molecule has 0 aliphatic carbocycles. The predicted molar refractivity (Wildman–Crippen MR) is 133 cm³/mol. The van der Waals surface area contributed by atoms with Gasteiger partial charge < -0.3 is 36.4 Å². The third-order valence-corrected chi connectivity index (χ3v) is 5.39. The van der Waals surface area contributed by atoms with Crippen LogP contribution in [0.25, 0.3) is 0 Å². The summed E-state index contributed by atoms with van der Waals surface area (Å²) < 4.78 is 4.79. The van der Waals surface area contributed by atoms with Gasteiger partial charge in [-0.25, -0.2) is 4.79 Å². The number of nitrogens with one attached hydrogen (secondary N) is 5. The number of carbonyl (C=O) groups is 6. The van der Waals surface area contributed by atoms with E-state index in [1.165, 1.54) is 21.0 Å². The fourth-order valence-corrected chi connectivity index (χ4v) is 2.95. The second-order valence-corrected chi connectivity index (χ2v) is 8.40. The van der Waals surface area contributed by atoms with E-state index in [0.29, 0.717) is 11.3 Å². The number of aliphatic carboxylic acids is 1. The van der Waals surface area contributed by atoms with E-state index in [1.54, 1.807) is 38.2 Å². The second-order valence-electron chi connectivity index (χ2n) is 8.40. The summed E-state index contributed by atoms with van der Waals surface area (Å²) in [5.41, 5.74) is 1.11. The fourth-order valence-electron chi connectivity index (χ4n) is 2.95.